The van der Waals surface area contributed by atoms with Crippen LogP contribution in [0.25, 0.3) is 0 Å². The molecule has 9 heavy (non-hydrogen) atoms. The smallest absolute Gasteiger partial charge is 0.115 e. The topological polar surface area (TPSA) is 21.3 Å². The Hall–Kier alpha value is -0.920. The van der Waals surface area contributed by atoms with Gasteiger partial charge in [-0.3, -0.25) is 0 Å². The largest absolute Gasteiger partial charge is 0.494 e. The fraction of sp³-hybridized carbons (Fsp3) is 0.429. The SMILES string of the molecule is C=CCC1=CNCCO1. The minimum absolute atomic E-state index is 0.777. The molecule has 0 fully saturated rings. The maximum Gasteiger partial charge on any atom is 0.115 e. The van der Waals surface area contributed by atoms with Crippen LogP contribution >= 0.6 is 0 Å². The summed E-state index contributed by atoms with van der Waals surface area (Å²) in [6.07, 6.45) is 4.55. The van der Waals surface area contributed by atoms with Crippen LogP contribution in [-0.4, -0.2) is 13.2 Å². The molecule has 0 aromatic carbocycles. The van der Waals surface area contributed by atoms with Crippen molar-refractivity contribution < 1.29 is 4.74 Å². The number of rotatable bonds is 2. The Bertz CT molecular complexity index is 129. The maximum atomic E-state index is 5.25. The van der Waals surface area contributed by atoms with Crippen LogP contribution in [0.3, 0.4) is 0 Å². The molecule has 0 spiro atoms. The number of hydrogen-bond donors (Lipinski definition) is 1. The van der Waals surface area contributed by atoms with E-state index in [2.05, 4.69) is 11.9 Å². The first kappa shape index (κ1) is 6.20. The first-order valence-corrected chi connectivity index (χ1v) is 3.09. The standard InChI is InChI=1S/C7H11NO/c1-2-3-7-6-8-4-5-9-7/h2,6,8H,1,3-5H2. The zero-order valence-corrected chi connectivity index (χ0v) is 5.39. The molecule has 0 bridgehead atoms. The fourth-order valence-electron chi connectivity index (χ4n) is 0.729. The van der Waals surface area contributed by atoms with Gasteiger partial charge in [0, 0.05) is 19.2 Å². The Labute approximate surface area is 55.2 Å². The highest BCUT2D eigenvalue weighted by Gasteiger charge is 1.99. The summed E-state index contributed by atoms with van der Waals surface area (Å²) in [5.41, 5.74) is 0. The highest BCUT2D eigenvalue weighted by molar-refractivity contribution is 4.99. The molecule has 1 aliphatic heterocycles. The van der Waals surface area contributed by atoms with Crippen molar-refractivity contribution in [1.29, 1.82) is 0 Å². The average Bonchev–Trinajstić information content (AvgIpc) is 1.91. The van der Waals surface area contributed by atoms with Crippen LogP contribution in [0.2, 0.25) is 0 Å². The minimum Gasteiger partial charge on any atom is -0.494 e. The van der Waals surface area contributed by atoms with Gasteiger partial charge in [-0.15, -0.1) is 6.58 Å². The van der Waals surface area contributed by atoms with E-state index in [9.17, 15) is 0 Å². The Morgan fingerprint density at radius 3 is 3.33 bits per heavy atom. The molecule has 0 radical (unpaired) electrons. The van der Waals surface area contributed by atoms with Crippen LogP contribution in [0, 0.1) is 0 Å². The van der Waals surface area contributed by atoms with Crippen molar-refractivity contribution in [1.82, 2.24) is 5.32 Å². The van der Waals surface area contributed by atoms with E-state index in [0.717, 1.165) is 25.3 Å². The van der Waals surface area contributed by atoms with E-state index in [1.807, 2.05) is 12.3 Å². The summed E-state index contributed by atoms with van der Waals surface area (Å²) in [6.45, 7) is 5.30. The first-order chi connectivity index (χ1) is 4.43. The molecule has 0 saturated heterocycles. The fourth-order valence-corrected chi connectivity index (χ4v) is 0.729. The van der Waals surface area contributed by atoms with Gasteiger partial charge in [-0.25, -0.2) is 0 Å². The van der Waals surface area contributed by atoms with Crippen molar-refractivity contribution in [2.45, 2.75) is 6.42 Å². The summed E-state index contributed by atoms with van der Waals surface area (Å²) >= 11 is 0. The predicted molar refractivity (Wildman–Crippen MR) is 36.9 cm³/mol. The lowest BCUT2D eigenvalue weighted by Crippen LogP contribution is -2.19. The molecule has 1 rings (SSSR count). The minimum atomic E-state index is 0.777. The lowest BCUT2D eigenvalue weighted by molar-refractivity contribution is 0.194. The molecule has 50 valence electrons. The van der Waals surface area contributed by atoms with Crippen molar-refractivity contribution in [3.63, 3.8) is 0 Å². The van der Waals surface area contributed by atoms with E-state index >= 15 is 0 Å². The summed E-state index contributed by atoms with van der Waals surface area (Å²) in [4.78, 5) is 0. The van der Waals surface area contributed by atoms with E-state index in [-0.39, 0.29) is 0 Å². The highest BCUT2D eigenvalue weighted by atomic mass is 16.5. The normalized spacial score (nSPS) is 17.1. The van der Waals surface area contributed by atoms with E-state index in [4.69, 9.17) is 4.74 Å². The Kier molecular flexibility index (Phi) is 2.19. The lowest BCUT2D eigenvalue weighted by Gasteiger charge is -2.14. The van der Waals surface area contributed by atoms with Crippen molar-refractivity contribution in [3.05, 3.63) is 24.6 Å². The second-order valence-corrected chi connectivity index (χ2v) is 1.91. The molecule has 1 aliphatic rings. The van der Waals surface area contributed by atoms with Crippen molar-refractivity contribution in [2.75, 3.05) is 13.2 Å². The Morgan fingerprint density at radius 2 is 2.78 bits per heavy atom. The second-order valence-electron chi connectivity index (χ2n) is 1.91. The molecule has 0 saturated carbocycles. The average molecular weight is 125 g/mol. The van der Waals surface area contributed by atoms with E-state index in [1.54, 1.807) is 0 Å². The third-order valence-electron chi connectivity index (χ3n) is 1.14. The third kappa shape index (κ3) is 1.80. The molecule has 0 aromatic rings. The number of nitrogens with one attached hydrogen (secondary N) is 1. The van der Waals surface area contributed by atoms with Crippen LogP contribution < -0.4 is 5.32 Å². The molecule has 1 N–H and O–H groups in total. The Balaban J connectivity index is 2.36. The monoisotopic (exact) mass is 125 g/mol. The molecule has 0 atom stereocenters. The molecule has 2 nitrogen and oxygen atoms in total. The van der Waals surface area contributed by atoms with Crippen LogP contribution in [0.4, 0.5) is 0 Å². The Morgan fingerprint density at radius 1 is 1.89 bits per heavy atom. The van der Waals surface area contributed by atoms with Gasteiger partial charge in [0.05, 0.1) is 0 Å². The summed E-state index contributed by atoms with van der Waals surface area (Å²) < 4.78 is 5.25. The van der Waals surface area contributed by atoms with Gasteiger partial charge in [-0.1, -0.05) is 6.08 Å². The molecule has 0 unspecified atom stereocenters. The second kappa shape index (κ2) is 3.17. The van der Waals surface area contributed by atoms with Crippen LogP contribution in [0.5, 0.6) is 0 Å². The molecule has 0 aliphatic carbocycles. The molecule has 2 heteroatoms. The number of hydrogen-bond acceptors (Lipinski definition) is 2. The zero-order valence-electron chi connectivity index (χ0n) is 5.39. The molecule has 1 heterocycles. The summed E-state index contributed by atoms with van der Waals surface area (Å²) in [7, 11) is 0. The van der Waals surface area contributed by atoms with Gasteiger partial charge in [-0.2, -0.15) is 0 Å². The molecular weight excluding hydrogens is 114 g/mol. The van der Waals surface area contributed by atoms with Gasteiger partial charge in [0.2, 0.25) is 0 Å². The van der Waals surface area contributed by atoms with Gasteiger partial charge in [0.1, 0.15) is 12.4 Å². The number of allylic oxidation sites excluding steroid dienone is 1. The van der Waals surface area contributed by atoms with Crippen molar-refractivity contribution in [2.24, 2.45) is 0 Å². The van der Waals surface area contributed by atoms with E-state index in [1.165, 1.54) is 0 Å². The van der Waals surface area contributed by atoms with Gasteiger partial charge >= 0.3 is 0 Å². The first-order valence-electron chi connectivity index (χ1n) is 3.09. The molecule has 0 amide bonds. The van der Waals surface area contributed by atoms with Gasteiger partial charge in [-0.05, 0) is 0 Å². The van der Waals surface area contributed by atoms with Crippen LogP contribution in [0.1, 0.15) is 6.42 Å². The van der Waals surface area contributed by atoms with E-state index < -0.39 is 0 Å². The summed E-state index contributed by atoms with van der Waals surface area (Å²) in [5.74, 6) is 0.983. The predicted octanol–water partition coefficient (Wildman–Crippen LogP) is 1.02. The van der Waals surface area contributed by atoms with Gasteiger partial charge in [0.15, 0.2) is 0 Å². The highest BCUT2D eigenvalue weighted by Crippen LogP contribution is 2.04. The van der Waals surface area contributed by atoms with Gasteiger partial charge in [0.25, 0.3) is 0 Å². The van der Waals surface area contributed by atoms with Crippen molar-refractivity contribution >= 4 is 0 Å². The lowest BCUT2D eigenvalue weighted by atomic mass is 10.3. The van der Waals surface area contributed by atoms with Gasteiger partial charge < -0.3 is 10.1 Å². The van der Waals surface area contributed by atoms with E-state index in [0.29, 0.717) is 0 Å². The molecule has 0 aromatic heterocycles. The van der Waals surface area contributed by atoms with Crippen LogP contribution in [0.15, 0.2) is 24.6 Å². The quantitative estimate of drug-likeness (QED) is 0.556. The summed E-state index contributed by atoms with van der Waals surface area (Å²) in [5, 5.41) is 3.08. The zero-order chi connectivity index (χ0) is 6.53. The third-order valence-corrected chi connectivity index (χ3v) is 1.14. The van der Waals surface area contributed by atoms with Crippen LogP contribution in [-0.2, 0) is 4.74 Å². The number of ether oxygens (including phenoxy) is 1. The maximum absolute atomic E-state index is 5.25. The molecular formula is C7H11NO. The summed E-state index contributed by atoms with van der Waals surface area (Å²) in [6, 6.07) is 0. The van der Waals surface area contributed by atoms with Crippen molar-refractivity contribution in [3.8, 4) is 0 Å².